The molecule has 0 saturated heterocycles. The van der Waals surface area contributed by atoms with E-state index in [1.54, 1.807) is 6.07 Å². The predicted molar refractivity (Wildman–Crippen MR) is 56.1 cm³/mol. The molecular weight excluding hydrogens is 240 g/mol. The van der Waals surface area contributed by atoms with Crippen LogP contribution >= 0.6 is 11.6 Å². The first kappa shape index (κ1) is 11.0. The molecule has 0 aliphatic carbocycles. The van der Waals surface area contributed by atoms with Crippen LogP contribution in [0.5, 0.6) is 11.5 Å². The molecule has 6 heteroatoms. The van der Waals surface area contributed by atoms with E-state index < -0.39 is 6.29 Å². The molecule has 0 atom stereocenters. The average molecular weight is 248 g/mol. The molecule has 0 unspecified atom stereocenters. The summed E-state index contributed by atoms with van der Waals surface area (Å²) in [7, 11) is 0. The van der Waals surface area contributed by atoms with Crippen molar-refractivity contribution in [2.24, 2.45) is 0 Å². The highest BCUT2D eigenvalue weighted by Crippen LogP contribution is 2.42. The molecule has 3 nitrogen and oxygen atoms in total. The van der Waals surface area contributed by atoms with Crippen LogP contribution in [0.2, 0.25) is 0 Å². The van der Waals surface area contributed by atoms with Gasteiger partial charge >= 0.3 is 6.29 Å². The van der Waals surface area contributed by atoms with Gasteiger partial charge in [0.2, 0.25) is 0 Å². The highest BCUT2D eigenvalue weighted by atomic mass is 35.5. The van der Waals surface area contributed by atoms with Gasteiger partial charge in [-0.25, -0.2) is 0 Å². The van der Waals surface area contributed by atoms with Crippen molar-refractivity contribution >= 4 is 17.3 Å². The second-order valence-corrected chi connectivity index (χ2v) is 3.73. The molecule has 0 fully saturated rings. The Balaban J connectivity index is 2.13. The van der Waals surface area contributed by atoms with Crippen LogP contribution in [-0.2, 0) is 0 Å². The number of nitrogens with one attached hydrogen (secondary N) is 1. The van der Waals surface area contributed by atoms with E-state index in [4.69, 9.17) is 11.6 Å². The Bertz CT molecular complexity index is 437. The fourth-order valence-electron chi connectivity index (χ4n) is 1.26. The lowest BCUT2D eigenvalue weighted by Gasteiger charge is -2.05. The van der Waals surface area contributed by atoms with Crippen LogP contribution in [0.15, 0.2) is 29.8 Å². The molecule has 0 aromatic heterocycles. The summed E-state index contributed by atoms with van der Waals surface area (Å²) in [5.41, 5.74) is 0.599. The Labute approximate surface area is 95.6 Å². The van der Waals surface area contributed by atoms with E-state index in [2.05, 4.69) is 21.4 Å². The van der Waals surface area contributed by atoms with E-state index in [9.17, 15) is 8.78 Å². The van der Waals surface area contributed by atoms with Gasteiger partial charge in [0.1, 0.15) is 0 Å². The lowest BCUT2D eigenvalue weighted by molar-refractivity contribution is -0.286. The normalized spacial score (nSPS) is 15.9. The van der Waals surface area contributed by atoms with Crippen LogP contribution in [0.1, 0.15) is 0 Å². The molecule has 0 spiro atoms. The van der Waals surface area contributed by atoms with Crippen LogP contribution in [0.3, 0.4) is 0 Å². The summed E-state index contributed by atoms with van der Waals surface area (Å²) in [5, 5.41) is 3.31. The molecule has 1 aliphatic heterocycles. The molecule has 1 aromatic carbocycles. The summed E-state index contributed by atoms with van der Waals surface area (Å²) in [6.07, 6.45) is -3.59. The van der Waals surface area contributed by atoms with Gasteiger partial charge in [0.25, 0.3) is 0 Å². The molecule has 0 radical (unpaired) electrons. The molecule has 0 amide bonds. The maximum absolute atomic E-state index is 12.7. The van der Waals surface area contributed by atoms with Crippen LogP contribution in [-0.4, -0.2) is 12.8 Å². The minimum atomic E-state index is -3.59. The summed E-state index contributed by atoms with van der Waals surface area (Å²) < 4.78 is 33.9. The van der Waals surface area contributed by atoms with Gasteiger partial charge in [0, 0.05) is 16.8 Å². The first-order valence-electron chi connectivity index (χ1n) is 4.43. The van der Waals surface area contributed by atoms with Crippen molar-refractivity contribution in [3.05, 3.63) is 29.8 Å². The van der Waals surface area contributed by atoms with Gasteiger partial charge in [-0.1, -0.05) is 18.2 Å². The number of fused-ring (bicyclic) bond motifs is 1. The highest BCUT2D eigenvalue weighted by Gasteiger charge is 2.43. The molecule has 16 heavy (non-hydrogen) atoms. The third-order valence-corrected chi connectivity index (χ3v) is 2.02. The Kier molecular flexibility index (Phi) is 2.63. The van der Waals surface area contributed by atoms with Gasteiger partial charge < -0.3 is 14.8 Å². The van der Waals surface area contributed by atoms with E-state index in [1.165, 1.54) is 12.1 Å². The summed E-state index contributed by atoms with van der Waals surface area (Å²) in [5.74, 6) is 0.00966. The van der Waals surface area contributed by atoms with Crippen molar-refractivity contribution in [2.75, 3.05) is 11.9 Å². The number of anilines is 1. The van der Waals surface area contributed by atoms with E-state index in [0.29, 0.717) is 17.3 Å². The average Bonchev–Trinajstić information content (AvgIpc) is 2.47. The summed E-state index contributed by atoms with van der Waals surface area (Å²) in [6, 6.07) is 4.40. The standard InChI is InChI=1S/C10H8ClF2NO2/c1-6(11)5-14-7-2-3-8-9(4-7)16-10(12,13)15-8/h2-4,14H,1,5H2. The fraction of sp³-hybridized carbons (Fsp3) is 0.200. The van der Waals surface area contributed by atoms with Gasteiger partial charge in [-0.15, -0.1) is 8.78 Å². The van der Waals surface area contributed by atoms with E-state index >= 15 is 0 Å². The number of benzene rings is 1. The van der Waals surface area contributed by atoms with Crippen molar-refractivity contribution in [2.45, 2.75) is 6.29 Å². The Morgan fingerprint density at radius 1 is 1.38 bits per heavy atom. The number of ether oxygens (including phenoxy) is 2. The smallest absolute Gasteiger partial charge is 0.395 e. The molecule has 1 N–H and O–H groups in total. The summed E-state index contributed by atoms with van der Waals surface area (Å²) >= 11 is 5.56. The number of halogens is 3. The van der Waals surface area contributed by atoms with Crippen molar-refractivity contribution in [3.63, 3.8) is 0 Å². The third kappa shape index (κ3) is 2.36. The van der Waals surface area contributed by atoms with Gasteiger partial charge in [-0.05, 0) is 12.1 Å². The largest absolute Gasteiger partial charge is 0.586 e. The van der Waals surface area contributed by atoms with Gasteiger partial charge in [0.15, 0.2) is 11.5 Å². The zero-order chi connectivity index (χ0) is 11.8. The molecule has 86 valence electrons. The fourth-order valence-corrected chi connectivity index (χ4v) is 1.32. The van der Waals surface area contributed by atoms with Crippen LogP contribution < -0.4 is 14.8 Å². The second-order valence-electron chi connectivity index (χ2n) is 3.20. The molecule has 1 aromatic rings. The summed E-state index contributed by atoms with van der Waals surface area (Å²) in [4.78, 5) is 0. The minimum Gasteiger partial charge on any atom is -0.395 e. The van der Waals surface area contributed by atoms with Crippen molar-refractivity contribution in [1.29, 1.82) is 0 Å². The van der Waals surface area contributed by atoms with E-state index in [0.717, 1.165) is 0 Å². The molecule has 0 bridgehead atoms. The minimum absolute atomic E-state index is 0.00446. The third-order valence-electron chi connectivity index (χ3n) is 1.89. The van der Waals surface area contributed by atoms with Gasteiger partial charge in [0.05, 0.1) is 6.54 Å². The van der Waals surface area contributed by atoms with E-state index in [-0.39, 0.29) is 11.5 Å². The Morgan fingerprint density at radius 2 is 2.06 bits per heavy atom. The van der Waals surface area contributed by atoms with E-state index in [1.807, 2.05) is 0 Å². The zero-order valence-corrected chi connectivity index (χ0v) is 8.85. The van der Waals surface area contributed by atoms with Gasteiger partial charge in [-0.3, -0.25) is 0 Å². The molecule has 1 aliphatic rings. The Morgan fingerprint density at radius 3 is 2.75 bits per heavy atom. The molecular formula is C10H8ClF2NO2. The highest BCUT2D eigenvalue weighted by molar-refractivity contribution is 6.29. The van der Waals surface area contributed by atoms with Crippen LogP contribution in [0.4, 0.5) is 14.5 Å². The van der Waals surface area contributed by atoms with Crippen molar-refractivity contribution in [3.8, 4) is 11.5 Å². The Hall–Kier alpha value is -1.49. The first-order chi connectivity index (χ1) is 7.46. The monoisotopic (exact) mass is 247 g/mol. The SMILES string of the molecule is C=C(Cl)CNc1ccc2c(c1)OC(F)(F)O2. The maximum atomic E-state index is 12.7. The lowest BCUT2D eigenvalue weighted by Crippen LogP contribution is -2.25. The number of rotatable bonds is 3. The molecule has 0 saturated carbocycles. The number of hydrogen-bond donors (Lipinski definition) is 1. The molecule has 2 rings (SSSR count). The quantitative estimate of drug-likeness (QED) is 0.890. The first-order valence-corrected chi connectivity index (χ1v) is 4.81. The second kappa shape index (κ2) is 3.83. The number of alkyl halides is 2. The van der Waals surface area contributed by atoms with Gasteiger partial charge in [-0.2, -0.15) is 0 Å². The lowest BCUT2D eigenvalue weighted by atomic mass is 10.3. The maximum Gasteiger partial charge on any atom is 0.586 e. The number of hydrogen-bond acceptors (Lipinski definition) is 3. The molecule has 1 heterocycles. The van der Waals surface area contributed by atoms with Crippen molar-refractivity contribution in [1.82, 2.24) is 0 Å². The topological polar surface area (TPSA) is 30.5 Å². The zero-order valence-electron chi connectivity index (χ0n) is 8.10. The predicted octanol–water partition coefficient (Wildman–Crippen LogP) is 3.17. The van der Waals surface area contributed by atoms with Crippen molar-refractivity contribution < 1.29 is 18.3 Å². The van der Waals surface area contributed by atoms with Crippen LogP contribution in [0.25, 0.3) is 0 Å². The van der Waals surface area contributed by atoms with Crippen LogP contribution in [0, 0.1) is 0 Å². The summed E-state index contributed by atoms with van der Waals surface area (Å²) in [6.45, 7) is 3.84.